The Kier molecular flexibility index (Phi) is 19.3. The Morgan fingerprint density at radius 2 is 0.812 bits per heavy atom. The summed E-state index contributed by atoms with van der Waals surface area (Å²) in [6.45, 7) is 18.9. The van der Waals surface area contributed by atoms with Crippen molar-refractivity contribution in [1.82, 2.24) is 0 Å². The molecule has 0 radical (unpaired) electrons. The molecule has 1 aliphatic rings. The number of aryl methyl sites for hydroxylation is 2. The van der Waals surface area contributed by atoms with Crippen LogP contribution < -0.4 is 31.4 Å². The van der Waals surface area contributed by atoms with Crippen molar-refractivity contribution >= 4 is 65.6 Å². The van der Waals surface area contributed by atoms with E-state index in [0.717, 1.165) is 5.30 Å². The van der Waals surface area contributed by atoms with E-state index in [0.29, 0.717) is 13.2 Å². The van der Waals surface area contributed by atoms with Gasteiger partial charge in [0, 0.05) is 22.9 Å². The zero-order chi connectivity index (χ0) is 43.1. The van der Waals surface area contributed by atoms with Crippen LogP contribution in [0.25, 0.3) is 0 Å². The SMILES string of the molecule is C.C.C.Cc1ccc(PO[C@H]2[C@H](OPc3ccccc3)[C@@H](CO[Si](c3ccccc3)(c3ccccc3)C(C)(C)C)O[C@@H]2CO[Si](c2ccccc2)(c2ccccc2)C(C)(C)C)c(C)c1. The van der Waals surface area contributed by atoms with E-state index in [1.807, 2.05) is 6.07 Å². The standard InChI is InChI=1S/C52H62O5P2Si2.3CH4/c1-39-34-35-48(40(2)36-39)59-57-50-47(38-54-61(52(6,7)8,44-30-20-12-21-31-44)45-32-22-13-23-33-45)55-46(49(50)56-58-41-24-14-9-15-25-41)37-53-60(51(3,4)5,42-26-16-10-17-27-42)43-28-18-11-19-29-43;;;/h9-36,46-47,49-50,58-59H,37-38H2,1-8H3;3*1H4/t46-,47-,49-,50-;;;/m1.../s1. The molecule has 342 valence electrons. The van der Waals surface area contributed by atoms with Crippen molar-refractivity contribution in [2.75, 3.05) is 13.2 Å². The lowest BCUT2D eigenvalue weighted by Crippen LogP contribution is -2.67. The smallest absolute Gasteiger partial charge is 0.261 e. The quantitative estimate of drug-likeness (QED) is 0.0715. The maximum atomic E-state index is 7.62. The van der Waals surface area contributed by atoms with Crippen molar-refractivity contribution < 1.29 is 22.6 Å². The highest BCUT2D eigenvalue weighted by atomic mass is 31.1. The average molecular weight is 933 g/mol. The summed E-state index contributed by atoms with van der Waals surface area (Å²) in [5.41, 5.74) is 2.45. The minimum absolute atomic E-state index is 0. The molecule has 0 aliphatic carbocycles. The molecule has 6 aromatic carbocycles. The Balaban J connectivity index is 0.00000299. The average Bonchev–Trinajstić information content (AvgIpc) is 3.59. The Morgan fingerprint density at radius 3 is 1.16 bits per heavy atom. The molecular weight excluding hydrogens is 859 g/mol. The first kappa shape index (κ1) is 53.0. The van der Waals surface area contributed by atoms with Crippen molar-refractivity contribution in [3.05, 3.63) is 181 Å². The van der Waals surface area contributed by atoms with E-state index < -0.39 is 41.1 Å². The van der Waals surface area contributed by atoms with E-state index in [-0.39, 0.29) is 50.0 Å². The normalized spacial score (nSPS) is 18.1. The van der Waals surface area contributed by atoms with Crippen LogP contribution in [0.2, 0.25) is 10.1 Å². The minimum atomic E-state index is -2.92. The number of rotatable bonds is 16. The fraction of sp³-hybridized carbons (Fsp3) is 0.345. The van der Waals surface area contributed by atoms with Gasteiger partial charge in [-0.15, -0.1) is 0 Å². The predicted molar refractivity (Wildman–Crippen MR) is 284 cm³/mol. The van der Waals surface area contributed by atoms with Gasteiger partial charge in [-0.05, 0) is 55.5 Å². The Hall–Kier alpha value is -3.59. The zero-order valence-corrected chi connectivity index (χ0v) is 40.9. The van der Waals surface area contributed by atoms with Crippen molar-refractivity contribution in [3.63, 3.8) is 0 Å². The van der Waals surface area contributed by atoms with Crippen LogP contribution >= 0.6 is 17.6 Å². The van der Waals surface area contributed by atoms with E-state index in [1.54, 1.807) is 0 Å². The molecule has 6 atom stereocenters. The fourth-order valence-corrected chi connectivity index (χ4v) is 20.0. The minimum Gasteiger partial charge on any atom is -0.405 e. The Morgan fingerprint density at radius 1 is 0.469 bits per heavy atom. The Labute approximate surface area is 392 Å². The van der Waals surface area contributed by atoms with Gasteiger partial charge in [-0.1, -0.05) is 239 Å². The highest BCUT2D eigenvalue weighted by molar-refractivity contribution is 7.42. The molecule has 1 aliphatic heterocycles. The van der Waals surface area contributed by atoms with Gasteiger partial charge in [-0.3, -0.25) is 0 Å². The van der Waals surface area contributed by atoms with Crippen LogP contribution in [0.5, 0.6) is 0 Å². The summed E-state index contributed by atoms with van der Waals surface area (Å²) in [7, 11) is -5.65. The molecule has 1 heterocycles. The second-order valence-corrected chi connectivity index (χ2v) is 28.8. The van der Waals surface area contributed by atoms with Crippen LogP contribution in [0.1, 0.15) is 74.9 Å². The van der Waals surface area contributed by atoms with Gasteiger partial charge in [0.2, 0.25) is 0 Å². The molecule has 1 fully saturated rings. The topological polar surface area (TPSA) is 46.2 Å². The maximum absolute atomic E-state index is 7.62. The van der Waals surface area contributed by atoms with Gasteiger partial charge in [0.25, 0.3) is 16.6 Å². The molecular formula is C55H74O5P2Si2. The monoisotopic (exact) mass is 932 g/mol. The second kappa shape index (κ2) is 23.2. The molecule has 1 saturated heterocycles. The fourth-order valence-electron chi connectivity index (χ4n) is 9.00. The van der Waals surface area contributed by atoms with Crippen LogP contribution in [-0.4, -0.2) is 54.3 Å². The van der Waals surface area contributed by atoms with E-state index in [1.165, 1.54) is 37.2 Å². The summed E-state index contributed by atoms with van der Waals surface area (Å²) < 4.78 is 36.8. The first-order valence-electron chi connectivity index (χ1n) is 21.4. The lowest BCUT2D eigenvalue weighted by atomic mass is 10.1. The molecule has 7 rings (SSSR count). The van der Waals surface area contributed by atoms with E-state index in [9.17, 15) is 0 Å². The van der Waals surface area contributed by atoms with Crippen LogP contribution in [0.3, 0.4) is 0 Å². The predicted octanol–water partition coefficient (Wildman–Crippen LogP) is 11.0. The van der Waals surface area contributed by atoms with Crippen LogP contribution in [0.15, 0.2) is 170 Å². The first-order valence-corrected chi connectivity index (χ1v) is 27.1. The molecule has 0 bridgehead atoms. The molecule has 9 heteroatoms. The summed E-state index contributed by atoms with van der Waals surface area (Å²) in [4.78, 5) is 0. The molecule has 0 amide bonds. The molecule has 6 aromatic rings. The van der Waals surface area contributed by atoms with Crippen molar-refractivity contribution in [2.45, 2.75) is 112 Å². The zero-order valence-electron chi connectivity index (χ0n) is 36.9. The second-order valence-electron chi connectivity index (χ2n) is 18.2. The van der Waals surface area contributed by atoms with E-state index in [4.69, 9.17) is 22.6 Å². The van der Waals surface area contributed by atoms with Crippen molar-refractivity contribution in [2.24, 2.45) is 0 Å². The van der Waals surface area contributed by atoms with Gasteiger partial charge in [0.05, 0.1) is 13.2 Å². The molecule has 5 nitrogen and oxygen atoms in total. The van der Waals surface area contributed by atoms with Gasteiger partial charge in [0.15, 0.2) is 0 Å². The summed E-state index contributed by atoms with van der Waals surface area (Å²) in [6, 6.07) is 60.3. The molecule has 0 spiro atoms. The molecule has 64 heavy (non-hydrogen) atoms. The lowest BCUT2D eigenvalue weighted by molar-refractivity contribution is -0.0290. The third-order valence-corrected chi connectivity index (χ3v) is 24.1. The van der Waals surface area contributed by atoms with E-state index >= 15 is 0 Å². The van der Waals surface area contributed by atoms with E-state index in [2.05, 4.69) is 219 Å². The van der Waals surface area contributed by atoms with Crippen molar-refractivity contribution in [1.29, 1.82) is 0 Å². The van der Waals surface area contributed by atoms with Gasteiger partial charge in [-0.25, -0.2) is 0 Å². The third-order valence-electron chi connectivity index (χ3n) is 11.9. The molecule has 0 saturated carbocycles. The van der Waals surface area contributed by atoms with Gasteiger partial charge in [0.1, 0.15) is 24.4 Å². The maximum Gasteiger partial charge on any atom is 0.261 e. The summed E-state index contributed by atoms with van der Waals surface area (Å²) in [5.74, 6) is 0. The van der Waals surface area contributed by atoms with Gasteiger partial charge >= 0.3 is 0 Å². The number of benzene rings is 6. The molecule has 2 unspecified atom stereocenters. The highest BCUT2D eigenvalue weighted by Crippen LogP contribution is 2.42. The number of hydrogen-bond acceptors (Lipinski definition) is 5. The summed E-state index contributed by atoms with van der Waals surface area (Å²) in [5, 5.41) is 6.80. The van der Waals surface area contributed by atoms with Crippen molar-refractivity contribution in [3.8, 4) is 0 Å². The molecule has 0 N–H and O–H groups in total. The largest absolute Gasteiger partial charge is 0.405 e. The van der Waals surface area contributed by atoms with Crippen LogP contribution in [0.4, 0.5) is 0 Å². The Bertz CT molecular complexity index is 2190. The lowest BCUT2D eigenvalue weighted by Gasteiger charge is -2.44. The first-order chi connectivity index (χ1) is 29.3. The highest BCUT2D eigenvalue weighted by Gasteiger charge is 2.55. The van der Waals surface area contributed by atoms with Gasteiger partial charge < -0.3 is 22.6 Å². The number of ether oxygens (including phenoxy) is 1. The summed E-state index contributed by atoms with van der Waals surface area (Å²) >= 11 is 0. The van der Waals surface area contributed by atoms with Crippen LogP contribution in [0, 0.1) is 13.8 Å². The number of hydrogen-bond donors (Lipinski definition) is 0. The van der Waals surface area contributed by atoms with Gasteiger partial charge in [-0.2, -0.15) is 0 Å². The third kappa shape index (κ3) is 11.5. The van der Waals surface area contributed by atoms with Crippen LogP contribution in [-0.2, 0) is 22.6 Å². The molecule has 0 aromatic heterocycles. The summed E-state index contributed by atoms with van der Waals surface area (Å²) in [6.07, 6.45) is -1.72.